The molecule has 1 heterocycles. The summed E-state index contributed by atoms with van der Waals surface area (Å²) in [6, 6.07) is 20.5. The summed E-state index contributed by atoms with van der Waals surface area (Å²) in [4.78, 5) is 0. The fourth-order valence-electron chi connectivity index (χ4n) is 2.87. The molecule has 0 atom stereocenters. The molecule has 2 heteroatoms. The van der Waals surface area contributed by atoms with Crippen LogP contribution in [-0.4, -0.2) is 7.11 Å². The number of fused-ring (bicyclic) bond motifs is 3. The topological polar surface area (TPSA) is 22.4 Å². The summed E-state index contributed by atoms with van der Waals surface area (Å²) in [6.45, 7) is 0. The zero-order valence-electron chi connectivity index (χ0n) is 11.7. The van der Waals surface area contributed by atoms with E-state index in [9.17, 15) is 0 Å². The van der Waals surface area contributed by atoms with Crippen LogP contribution in [0.2, 0.25) is 0 Å². The van der Waals surface area contributed by atoms with Gasteiger partial charge < -0.3 is 9.15 Å². The van der Waals surface area contributed by atoms with E-state index in [0.717, 1.165) is 27.8 Å². The Hall–Kier alpha value is -2.74. The SMILES string of the molecule is COc1ccccc1-c1coc2ccc3ccccc3c12. The summed E-state index contributed by atoms with van der Waals surface area (Å²) >= 11 is 0. The number of hydrogen-bond donors (Lipinski definition) is 0. The van der Waals surface area contributed by atoms with Crippen molar-refractivity contribution < 1.29 is 9.15 Å². The van der Waals surface area contributed by atoms with Gasteiger partial charge in [-0.3, -0.25) is 0 Å². The maximum absolute atomic E-state index is 5.76. The first kappa shape index (κ1) is 12.0. The molecule has 1 aromatic heterocycles. The molecule has 0 radical (unpaired) electrons. The Balaban J connectivity index is 2.12. The fourth-order valence-corrected chi connectivity index (χ4v) is 2.87. The van der Waals surface area contributed by atoms with Crippen LogP contribution in [0.15, 0.2) is 71.3 Å². The molecule has 21 heavy (non-hydrogen) atoms. The maximum atomic E-state index is 5.76. The highest BCUT2D eigenvalue weighted by molar-refractivity contribution is 6.13. The predicted molar refractivity (Wildman–Crippen MR) is 85.7 cm³/mol. The summed E-state index contributed by atoms with van der Waals surface area (Å²) in [6.07, 6.45) is 1.81. The Labute approximate surface area is 122 Å². The molecule has 0 saturated carbocycles. The molecule has 4 aromatic rings. The van der Waals surface area contributed by atoms with E-state index in [4.69, 9.17) is 9.15 Å². The molecule has 102 valence electrons. The molecule has 0 unspecified atom stereocenters. The largest absolute Gasteiger partial charge is 0.496 e. The van der Waals surface area contributed by atoms with Crippen molar-refractivity contribution in [1.29, 1.82) is 0 Å². The van der Waals surface area contributed by atoms with E-state index < -0.39 is 0 Å². The van der Waals surface area contributed by atoms with Gasteiger partial charge in [-0.25, -0.2) is 0 Å². The molecule has 3 aromatic carbocycles. The molecule has 0 aliphatic carbocycles. The smallest absolute Gasteiger partial charge is 0.135 e. The van der Waals surface area contributed by atoms with Crippen LogP contribution >= 0.6 is 0 Å². The normalized spacial score (nSPS) is 11.1. The van der Waals surface area contributed by atoms with Crippen LogP contribution in [0.4, 0.5) is 0 Å². The van der Waals surface area contributed by atoms with Crippen LogP contribution < -0.4 is 4.74 Å². The van der Waals surface area contributed by atoms with Crippen LogP contribution in [0.5, 0.6) is 5.75 Å². The molecular formula is C19H14O2. The Morgan fingerprint density at radius 1 is 0.810 bits per heavy atom. The third-order valence-corrected chi connectivity index (χ3v) is 3.86. The molecule has 2 nitrogen and oxygen atoms in total. The van der Waals surface area contributed by atoms with Crippen molar-refractivity contribution in [2.75, 3.05) is 7.11 Å². The maximum Gasteiger partial charge on any atom is 0.135 e. The van der Waals surface area contributed by atoms with E-state index in [0.29, 0.717) is 0 Å². The first-order chi connectivity index (χ1) is 10.4. The highest BCUT2D eigenvalue weighted by Gasteiger charge is 2.14. The van der Waals surface area contributed by atoms with Crippen molar-refractivity contribution in [3.05, 3.63) is 66.9 Å². The standard InChI is InChI=1S/C19H14O2/c1-20-17-9-5-4-8-15(17)16-12-21-18-11-10-13-6-2-3-7-14(13)19(16)18/h2-12H,1H3. The van der Waals surface area contributed by atoms with Crippen LogP contribution in [0.25, 0.3) is 32.9 Å². The van der Waals surface area contributed by atoms with Crippen LogP contribution in [0.1, 0.15) is 0 Å². The van der Waals surface area contributed by atoms with Gasteiger partial charge in [-0.1, -0.05) is 48.5 Å². The van der Waals surface area contributed by atoms with E-state index in [1.165, 1.54) is 10.8 Å². The van der Waals surface area contributed by atoms with Crippen LogP contribution in [0.3, 0.4) is 0 Å². The zero-order chi connectivity index (χ0) is 14.2. The summed E-state index contributed by atoms with van der Waals surface area (Å²) < 4.78 is 11.2. The Morgan fingerprint density at radius 3 is 2.52 bits per heavy atom. The van der Waals surface area contributed by atoms with Crippen molar-refractivity contribution in [2.24, 2.45) is 0 Å². The average molecular weight is 274 g/mol. The molecule has 4 rings (SSSR count). The van der Waals surface area contributed by atoms with Gasteiger partial charge >= 0.3 is 0 Å². The number of para-hydroxylation sites is 1. The second-order valence-corrected chi connectivity index (χ2v) is 5.01. The molecule has 0 spiro atoms. The van der Waals surface area contributed by atoms with Gasteiger partial charge in [0.05, 0.1) is 13.4 Å². The summed E-state index contributed by atoms with van der Waals surface area (Å²) in [5.41, 5.74) is 3.02. The monoisotopic (exact) mass is 274 g/mol. The van der Waals surface area contributed by atoms with Gasteiger partial charge in [0.25, 0.3) is 0 Å². The molecular weight excluding hydrogens is 260 g/mol. The third kappa shape index (κ3) is 1.80. The van der Waals surface area contributed by atoms with Crippen LogP contribution in [0, 0.1) is 0 Å². The number of rotatable bonds is 2. The Bertz CT molecular complexity index is 935. The number of methoxy groups -OCH3 is 1. The van der Waals surface area contributed by atoms with Crippen molar-refractivity contribution >= 4 is 21.7 Å². The lowest BCUT2D eigenvalue weighted by molar-refractivity contribution is 0.416. The average Bonchev–Trinajstić information content (AvgIpc) is 2.99. The first-order valence-corrected chi connectivity index (χ1v) is 6.91. The minimum atomic E-state index is 0.855. The van der Waals surface area contributed by atoms with Crippen molar-refractivity contribution in [1.82, 2.24) is 0 Å². The highest BCUT2D eigenvalue weighted by Crippen LogP contribution is 2.39. The molecule has 0 fully saturated rings. The van der Waals surface area contributed by atoms with Crippen molar-refractivity contribution in [2.45, 2.75) is 0 Å². The van der Waals surface area contributed by atoms with Crippen molar-refractivity contribution in [3.8, 4) is 16.9 Å². The first-order valence-electron chi connectivity index (χ1n) is 6.91. The van der Waals surface area contributed by atoms with Gasteiger partial charge in [0.1, 0.15) is 11.3 Å². The molecule has 0 amide bonds. The number of benzene rings is 3. The van der Waals surface area contributed by atoms with Gasteiger partial charge in [-0.15, -0.1) is 0 Å². The summed E-state index contributed by atoms with van der Waals surface area (Å²) in [5, 5.41) is 3.55. The molecule has 0 aliphatic rings. The predicted octanol–water partition coefficient (Wildman–Crippen LogP) is 5.26. The lowest BCUT2D eigenvalue weighted by atomic mass is 9.99. The molecule has 0 bridgehead atoms. The highest BCUT2D eigenvalue weighted by atomic mass is 16.5. The van der Waals surface area contributed by atoms with Gasteiger partial charge in [0.2, 0.25) is 0 Å². The van der Waals surface area contributed by atoms with E-state index >= 15 is 0 Å². The molecule has 0 aliphatic heterocycles. The third-order valence-electron chi connectivity index (χ3n) is 3.86. The van der Waals surface area contributed by atoms with Gasteiger partial charge in [0, 0.05) is 16.5 Å². The summed E-state index contributed by atoms with van der Waals surface area (Å²) in [5.74, 6) is 0.855. The fraction of sp³-hybridized carbons (Fsp3) is 0.0526. The summed E-state index contributed by atoms with van der Waals surface area (Å²) in [7, 11) is 1.69. The van der Waals surface area contributed by atoms with E-state index in [2.05, 4.69) is 36.4 Å². The lowest BCUT2D eigenvalue weighted by Gasteiger charge is -2.07. The lowest BCUT2D eigenvalue weighted by Crippen LogP contribution is -1.86. The van der Waals surface area contributed by atoms with Gasteiger partial charge in [-0.2, -0.15) is 0 Å². The minimum absolute atomic E-state index is 0.855. The van der Waals surface area contributed by atoms with E-state index in [1.54, 1.807) is 7.11 Å². The van der Waals surface area contributed by atoms with Crippen molar-refractivity contribution in [3.63, 3.8) is 0 Å². The number of ether oxygens (including phenoxy) is 1. The Kier molecular flexibility index (Phi) is 2.68. The second-order valence-electron chi connectivity index (χ2n) is 5.01. The molecule has 0 N–H and O–H groups in total. The van der Waals surface area contributed by atoms with Gasteiger partial charge in [0.15, 0.2) is 0 Å². The number of furan rings is 1. The number of hydrogen-bond acceptors (Lipinski definition) is 2. The van der Waals surface area contributed by atoms with E-state index in [1.807, 2.05) is 30.5 Å². The quantitative estimate of drug-likeness (QED) is 0.497. The zero-order valence-corrected chi connectivity index (χ0v) is 11.7. The Morgan fingerprint density at radius 2 is 1.62 bits per heavy atom. The molecule has 0 saturated heterocycles. The van der Waals surface area contributed by atoms with Crippen LogP contribution in [-0.2, 0) is 0 Å². The van der Waals surface area contributed by atoms with Gasteiger partial charge in [-0.05, 0) is 22.9 Å². The second kappa shape index (κ2) is 4.67. The van der Waals surface area contributed by atoms with E-state index in [-0.39, 0.29) is 0 Å². The minimum Gasteiger partial charge on any atom is -0.496 e.